The highest BCUT2D eigenvalue weighted by Gasteiger charge is 2.49. The molecule has 0 aliphatic carbocycles. The molecule has 0 aromatic heterocycles. The number of benzene rings is 3. The molecular formula is C24H20N4O4S. The van der Waals surface area contributed by atoms with Crippen LogP contribution in [0.1, 0.15) is 16.7 Å². The fraction of sp³-hybridized carbons (Fsp3) is 0.125. The summed E-state index contributed by atoms with van der Waals surface area (Å²) >= 11 is 0. The molecule has 1 amide bonds. The number of nitrogens with two attached hydrogens (primary N) is 1. The number of likely N-dealkylation sites (N-methyl/N-ethyl adjacent to an activating group) is 1. The molecule has 3 aromatic rings. The highest BCUT2D eigenvalue weighted by atomic mass is 32.2. The van der Waals surface area contributed by atoms with Gasteiger partial charge in [0.25, 0.3) is 5.91 Å². The van der Waals surface area contributed by atoms with Gasteiger partial charge in [-0.25, -0.2) is 4.99 Å². The van der Waals surface area contributed by atoms with Gasteiger partial charge in [-0.3, -0.25) is 9.69 Å². The third-order valence-electron chi connectivity index (χ3n) is 5.37. The van der Waals surface area contributed by atoms with Crippen molar-refractivity contribution in [1.82, 2.24) is 4.90 Å². The number of nitriles is 1. The van der Waals surface area contributed by atoms with E-state index in [2.05, 4.69) is 11.1 Å². The summed E-state index contributed by atoms with van der Waals surface area (Å²) in [6.45, 7) is 0. The second-order valence-electron chi connectivity index (χ2n) is 7.63. The third kappa shape index (κ3) is 4.04. The zero-order valence-electron chi connectivity index (χ0n) is 17.9. The molecule has 33 heavy (non-hydrogen) atoms. The predicted molar refractivity (Wildman–Crippen MR) is 124 cm³/mol. The van der Waals surface area contributed by atoms with Crippen LogP contribution in [0.3, 0.4) is 0 Å². The molecule has 8 nitrogen and oxygen atoms in total. The molecule has 2 N–H and O–H groups in total. The summed E-state index contributed by atoms with van der Waals surface area (Å²) in [6, 6.07) is 22.7. The fourth-order valence-corrected chi connectivity index (χ4v) is 4.26. The molecule has 1 aliphatic rings. The van der Waals surface area contributed by atoms with E-state index in [1.165, 1.54) is 17.0 Å². The zero-order valence-corrected chi connectivity index (χ0v) is 18.7. The molecule has 166 valence electrons. The first kappa shape index (κ1) is 22.0. The Bertz CT molecular complexity index is 1430. The molecule has 0 saturated carbocycles. The second kappa shape index (κ2) is 8.07. The van der Waals surface area contributed by atoms with Crippen LogP contribution in [0.2, 0.25) is 0 Å². The number of nitrogens with zero attached hydrogens (tertiary/aromatic N) is 3. The highest BCUT2D eigenvalue weighted by molar-refractivity contribution is 7.86. The highest BCUT2D eigenvalue weighted by Crippen LogP contribution is 2.41. The SMILES string of the molecule is CN1C(=O)C(c2ccc(OS(C)(=O)=O)cc2)(c2cccc(-c3cccc(C#N)c3)c2)N=C1N. The molecule has 0 spiro atoms. The normalized spacial score (nSPS) is 18.0. The summed E-state index contributed by atoms with van der Waals surface area (Å²) in [7, 11) is -2.15. The first-order valence-electron chi connectivity index (χ1n) is 9.88. The number of hydrogen-bond acceptors (Lipinski definition) is 7. The van der Waals surface area contributed by atoms with E-state index in [-0.39, 0.29) is 17.6 Å². The molecule has 0 radical (unpaired) electrons. The summed E-state index contributed by atoms with van der Waals surface area (Å²) in [6.07, 6.45) is 0.954. The fourth-order valence-electron chi connectivity index (χ4n) is 3.80. The smallest absolute Gasteiger partial charge is 0.306 e. The lowest BCUT2D eigenvalue weighted by Gasteiger charge is -2.26. The molecular weight excluding hydrogens is 440 g/mol. The van der Waals surface area contributed by atoms with E-state index >= 15 is 0 Å². The molecule has 0 fully saturated rings. The van der Waals surface area contributed by atoms with E-state index in [0.29, 0.717) is 16.7 Å². The minimum Gasteiger partial charge on any atom is -0.383 e. The van der Waals surface area contributed by atoms with Gasteiger partial charge >= 0.3 is 10.1 Å². The van der Waals surface area contributed by atoms with Crippen LogP contribution in [0, 0.1) is 11.3 Å². The molecule has 1 atom stereocenters. The van der Waals surface area contributed by atoms with Crippen LogP contribution in [-0.2, 0) is 20.5 Å². The summed E-state index contributed by atoms with van der Waals surface area (Å²) in [5.74, 6) is -0.165. The molecule has 0 saturated heterocycles. The Morgan fingerprint density at radius 1 is 1.00 bits per heavy atom. The van der Waals surface area contributed by atoms with Crippen LogP contribution in [0.5, 0.6) is 5.75 Å². The van der Waals surface area contributed by atoms with Gasteiger partial charge in [0.05, 0.1) is 17.9 Å². The Hall–Kier alpha value is -4.16. The summed E-state index contributed by atoms with van der Waals surface area (Å²) in [4.78, 5) is 19.3. The number of amides is 1. The van der Waals surface area contributed by atoms with Crippen LogP contribution >= 0.6 is 0 Å². The van der Waals surface area contributed by atoms with Crippen LogP contribution in [-0.4, -0.2) is 38.5 Å². The van der Waals surface area contributed by atoms with Gasteiger partial charge in [0.2, 0.25) is 0 Å². The molecule has 1 aliphatic heterocycles. The largest absolute Gasteiger partial charge is 0.383 e. The molecule has 9 heteroatoms. The summed E-state index contributed by atoms with van der Waals surface area (Å²) < 4.78 is 27.8. The quantitative estimate of drug-likeness (QED) is 0.583. The van der Waals surface area contributed by atoms with Gasteiger partial charge in [-0.2, -0.15) is 13.7 Å². The molecule has 0 bridgehead atoms. The Morgan fingerprint density at radius 3 is 2.21 bits per heavy atom. The van der Waals surface area contributed by atoms with E-state index in [9.17, 15) is 18.5 Å². The first-order valence-corrected chi connectivity index (χ1v) is 11.7. The van der Waals surface area contributed by atoms with Crippen molar-refractivity contribution in [3.63, 3.8) is 0 Å². The lowest BCUT2D eigenvalue weighted by atomic mass is 9.81. The van der Waals surface area contributed by atoms with E-state index in [4.69, 9.17) is 9.92 Å². The van der Waals surface area contributed by atoms with E-state index in [0.717, 1.165) is 17.4 Å². The van der Waals surface area contributed by atoms with Crippen LogP contribution in [0.25, 0.3) is 11.1 Å². The van der Waals surface area contributed by atoms with Crippen LogP contribution in [0.15, 0.2) is 77.8 Å². The van der Waals surface area contributed by atoms with Gasteiger partial charge in [-0.1, -0.05) is 42.5 Å². The van der Waals surface area contributed by atoms with Crippen molar-refractivity contribution in [3.8, 4) is 22.9 Å². The van der Waals surface area contributed by atoms with Crippen molar-refractivity contribution in [2.24, 2.45) is 10.7 Å². The maximum absolute atomic E-state index is 13.5. The maximum atomic E-state index is 13.5. The first-order chi connectivity index (χ1) is 15.6. The number of aliphatic imine (C=N–C) groups is 1. The van der Waals surface area contributed by atoms with E-state index in [1.54, 1.807) is 43.4 Å². The number of hydrogen-bond donors (Lipinski definition) is 1. The van der Waals surface area contributed by atoms with Gasteiger partial charge in [-0.15, -0.1) is 0 Å². The lowest BCUT2D eigenvalue weighted by molar-refractivity contribution is -0.129. The Kier molecular flexibility index (Phi) is 5.39. The second-order valence-corrected chi connectivity index (χ2v) is 9.20. The topological polar surface area (TPSA) is 126 Å². The van der Waals surface area contributed by atoms with Crippen molar-refractivity contribution in [2.75, 3.05) is 13.3 Å². The number of rotatable bonds is 5. The van der Waals surface area contributed by atoms with Gasteiger partial charge in [0.15, 0.2) is 11.5 Å². The van der Waals surface area contributed by atoms with E-state index < -0.39 is 15.7 Å². The Labute approximate surface area is 191 Å². The molecule has 4 rings (SSSR count). The van der Waals surface area contributed by atoms with Crippen molar-refractivity contribution >= 4 is 22.0 Å². The minimum absolute atomic E-state index is 0.0633. The average molecular weight is 461 g/mol. The maximum Gasteiger partial charge on any atom is 0.306 e. The van der Waals surface area contributed by atoms with Crippen LogP contribution < -0.4 is 9.92 Å². The van der Waals surface area contributed by atoms with Crippen molar-refractivity contribution in [2.45, 2.75) is 5.54 Å². The van der Waals surface area contributed by atoms with Gasteiger partial charge in [-0.05, 0) is 52.6 Å². The zero-order chi connectivity index (χ0) is 23.8. The average Bonchev–Trinajstić information content (AvgIpc) is 3.03. The number of carbonyl (C=O) groups excluding carboxylic acids is 1. The van der Waals surface area contributed by atoms with Crippen molar-refractivity contribution < 1.29 is 17.4 Å². The van der Waals surface area contributed by atoms with E-state index in [1.807, 2.05) is 24.3 Å². The van der Waals surface area contributed by atoms with Crippen molar-refractivity contribution in [3.05, 3.63) is 89.5 Å². The monoisotopic (exact) mass is 460 g/mol. The van der Waals surface area contributed by atoms with Gasteiger partial charge in [0.1, 0.15) is 5.75 Å². The predicted octanol–water partition coefficient (Wildman–Crippen LogP) is 2.59. The van der Waals surface area contributed by atoms with Gasteiger partial charge < -0.3 is 9.92 Å². The van der Waals surface area contributed by atoms with Crippen molar-refractivity contribution in [1.29, 1.82) is 5.26 Å². The number of carbonyl (C=O) groups is 1. The number of guanidine groups is 1. The summed E-state index contributed by atoms with van der Waals surface area (Å²) in [5, 5.41) is 9.23. The summed E-state index contributed by atoms with van der Waals surface area (Å²) in [5.41, 5.74) is 7.81. The minimum atomic E-state index is -3.69. The Morgan fingerprint density at radius 2 is 1.64 bits per heavy atom. The molecule has 1 heterocycles. The molecule has 3 aromatic carbocycles. The van der Waals surface area contributed by atoms with Gasteiger partial charge in [0, 0.05) is 7.05 Å². The Balaban J connectivity index is 1.87. The molecule has 1 unspecified atom stereocenters. The lowest BCUT2D eigenvalue weighted by Crippen LogP contribution is -2.41. The standard InChI is InChI=1S/C24H20N4O4S/c1-28-22(29)24(27-23(28)26,19-9-11-21(12-10-19)32-33(2,30)31)20-8-4-7-18(14-20)17-6-3-5-16(13-17)15-25/h3-14H,1-2H3,(H2,26,27). The van der Waals surface area contributed by atoms with Crippen LogP contribution in [0.4, 0.5) is 0 Å². The third-order valence-corrected chi connectivity index (χ3v) is 5.86.